The van der Waals surface area contributed by atoms with E-state index in [4.69, 9.17) is 23.2 Å². The molecule has 2 amide bonds. The van der Waals surface area contributed by atoms with Crippen LogP contribution in [-0.4, -0.2) is 71.3 Å². The van der Waals surface area contributed by atoms with E-state index >= 15 is 0 Å². The molecule has 5 nitrogen and oxygen atoms in total. The van der Waals surface area contributed by atoms with Gasteiger partial charge in [-0.2, -0.15) is 0 Å². The Kier molecular flexibility index (Phi) is 10.3. The second kappa shape index (κ2) is 13.2. The fraction of sp³-hybridized carbons (Fsp3) is 0.548. The van der Waals surface area contributed by atoms with Crippen molar-refractivity contribution < 1.29 is 9.59 Å². The Morgan fingerprint density at radius 2 is 1.49 bits per heavy atom. The number of piperazine rings is 1. The number of hydrogen-bond acceptors (Lipinski definition) is 3. The summed E-state index contributed by atoms with van der Waals surface area (Å²) in [5.41, 5.74) is 3.42. The minimum Gasteiger partial charge on any atom is -0.339 e. The number of rotatable bonds is 6. The van der Waals surface area contributed by atoms with Gasteiger partial charge in [0.25, 0.3) is 5.91 Å². The lowest BCUT2D eigenvalue weighted by Gasteiger charge is -2.37. The van der Waals surface area contributed by atoms with Crippen LogP contribution in [0.15, 0.2) is 36.4 Å². The van der Waals surface area contributed by atoms with Gasteiger partial charge in [0.2, 0.25) is 5.91 Å². The monoisotopic (exact) mass is 591 g/mol. The number of hydrogen-bond donors (Lipinski definition) is 0. The smallest absolute Gasteiger partial charge is 0.253 e. The van der Waals surface area contributed by atoms with Crippen molar-refractivity contribution in [1.82, 2.24) is 14.7 Å². The number of nitrogens with zero attached hydrogens (tertiary/aromatic N) is 3. The van der Waals surface area contributed by atoms with Crippen LogP contribution in [0.25, 0.3) is 11.1 Å². The highest BCUT2D eigenvalue weighted by atomic mass is 35.5. The molecular weight excluding hydrogens is 553 g/mol. The van der Waals surface area contributed by atoms with Crippen LogP contribution in [-0.2, 0) is 11.2 Å². The van der Waals surface area contributed by atoms with E-state index in [1.54, 1.807) is 0 Å². The lowest BCUT2D eigenvalue weighted by molar-refractivity contribution is -0.133. The summed E-state index contributed by atoms with van der Waals surface area (Å²) in [7, 11) is 0. The average Bonchev–Trinajstić information content (AvgIpc) is 3.30. The van der Waals surface area contributed by atoms with E-state index in [1.165, 1.54) is 19.3 Å². The molecular formula is C31H40Cl3N3O2. The molecule has 0 radical (unpaired) electrons. The third-order valence-electron chi connectivity index (χ3n) is 8.75. The molecule has 1 saturated carbocycles. The summed E-state index contributed by atoms with van der Waals surface area (Å²) in [6, 6.07) is 12.5. The predicted molar refractivity (Wildman–Crippen MR) is 162 cm³/mol. The first-order chi connectivity index (χ1) is 18.3. The van der Waals surface area contributed by atoms with Crippen molar-refractivity contribution in [3.8, 4) is 11.1 Å². The average molecular weight is 593 g/mol. The van der Waals surface area contributed by atoms with Crippen molar-refractivity contribution in [1.29, 1.82) is 0 Å². The first kappa shape index (κ1) is 30.2. The van der Waals surface area contributed by atoms with Gasteiger partial charge in [-0.05, 0) is 80.5 Å². The summed E-state index contributed by atoms with van der Waals surface area (Å²) in [6.45, 7) is 8.58. The summed E-state index contributed by atoms with van der Waals surface area (Å²) >= 11 is 13.5. The number of benzene rings is 2. The minimum absolute atomic E-state index is 0. The van der Waals surface area contributed by atoms with E-state index in [0.717, 1.165) is 68.7 Å². The summed E-state index contributed by atoms with van der Waals surface area (Å²) in [5.74, 6) is 0.291. The van der Waals surface area contributed by atoms with Crippen LogP contribution in [0.5, 0.6) is 0 Å². The molecule has 1 aliphatic carbocycles. The molecule has 2 aliphatic heterocycles. The van der Waals surface area contributed by atoms with Gasteiger partial charge >= 0.3 is 0 Å². The van der Waals surface area contributed by atoms with Gasteiger partial charge in [0, 0.05) is 66.3 Å². The normalized spacial score (nSPS) is 20.9. The molecule has 3 fully saturated rings. The van der Waals surface area contributed by atoms with E-state index in [0.29, 0.717) is 34.1 Å². The first-order valence-corrected chi connectivity index (χ1v) is 15.0. The number of likely N-dealkylation sites (tertiary alicyclic amines) is 1. The summed E-state index contributed by atoms with van der Waals surface area (Å²) in [5, 5.41) is 1.19. The fourth-order valence-corrected chi connectivity index (χ4v) is 6.99. The van der Waals surface area contributed by atoms with Crippen molar-refractivity contribution in [3.63, 3.8) is 0 Å². The highest BCUT2D eigenvalue weighted by molar-refractivity contribution is 6.36. The maximum absolute atomic E-state index is 13.2. The number of amides is 2. The van der Waals surface area contributed by atoms with Crippen LogP contribution in [0.4, 0.5) is 0 Å². The molecule has 1 atom stereocenters. The van der Waals surface area contributed by atoms with E-state index in [1.807, 2.05) is 41.3 Å². The molecule has 0 N–H and O–H groups in total. The third-order valence-corrected chi connectivity index (χ3v) is 9.43. The molecule has 39 heavy (non-hydrogen) atoms. The van der Waals surface area contributed by atoms with Crippen LogP contribution >= 0.6 is 35.6 Å². The van der Waals surface area contributed by atoms with Crippen molar-refractivity contribution in [3.05, 3.63) is 57.6 Å². The second-order valence-corrected chi connectivity index (χ2v) is 12.2. The van der Waals surface area contributed by atoms with Crippen molar-refractivity contribution in [2.24, 2.45) is 5.92 Å². The van der Waals surface area contributed by atoms with E-state index < -0.39 is 0 Å². The highest BCUT2D eigenvalue weighted by Gasteiger charge is 2.36. The molecule has 5 rings (SSSR count). The topological polar surface area (TPSA) is 43.9 Å². The van der Waals surface area contributed by atoms with Gasteiger partial charge in [-0.1, -0.05) is 54.6 Å². The lowest BCUT2D eigenvalue weighted by atomic mass is 9.93. The molecule has 2 saturated heterocycles. The van der Waals surface area contributed by atoms with Gasteiger partial charge in [-0.25, -0.2) is 0 Å². The SMILES string of the molecule is CC(C)N1CCN(C(=O)c2ccc(-c3cc(Cl)c(CC4CCN(C5CCCCC5)C4=O)c(Cl)c3)cc2)CC1.Cl. The Balaban J connectivity index is 0.00000353. The van der Waals surface area contributed by atoms with Crippen LogP contribution in [0.2, 0.25) is 10.0 Å². The Hall–Kier alpha value is -1.79. The van der Waals surface area contributed by atoms with Crippen molar-refractivity contribution in [2.45, 2.75) is 70.9 Å². The van der Waals surface area contributed by atoms with E-state index in [2.05, 4.69) is 23.6 Å². The Morgan fingerprint density at radius 3 is 2.08 bits per heavy atom. The van der Waals surface area contributed by atoms with Crippen LogP contribution in [0.3, 0.4) is 0 Å². The summed E-state index contributed by atoms with van der Waals surface area (Å²) < 4.78 is 0. The molecule has 3 aliphatic rings. The molecule has 0 spiro atoms. The Bertz CT molecular complexity index is 1130. The largest absolute Gasteiger partial charge is 0.339 e. The highest BCUT2D eigenvalue weighted by Crippen LogP contribution is 2.36. The van der Waals surface area contributed by atoms with Gasteiger partial charge in [-0.15, -0.1) is 12.4 Å². The third kappa shape index (κ3) is 6.75. The summed E-state index contributed by atoms with van der Waals surface area (Å²) in [6.07, 6.45) is 7.45. The van der Waals surface area contributed by atoms with Crippen LogP contribution < -0.4 is 0 Å². The standard InChI is InChI=1S/C31H39Cl2N3O2.ClH/c1-21(2)34-14-16-35(17-15-34)30(37)23-10-8-22(9-11-23)25-19-28(32)27(29(33)20-25)18-24-12-13-36(31(24)38)26-6-4-3-5-7-26;/h8-11,19-21,24,26H,3-7,12-18H2,1-2H3;1H. The number of carbonyl (C=O) groups excluding carboxylic acids is 2. The van der Waals surface area contributed by atoms with E-state index in [-0.39, 0.29) is 30.1 Å². The Labute approximate surface area is 249 Å². The minimum atomic E-state index is -0.0505. The molecule has 2 heterocycles. The Morgan fingerprint density at radius 1 is 0.872 bits per heavy atom. The second-order valence-electron chi connectivity index (χ2n) is 11.4. The van der Waals surface area contributed by atoms with E-state index in [9.17, 15) is 9.59 Å². The number of carbonyl (C=O) groups is 2. The molecule has 0 bridgehead atoms. The molecule has 8 heteroatoms. The fourth-order valence-electron chi connectivity index (χ4n) is 6.35. The van der Waals surface area contributed by atoms with Gasteiger partial charge < -0.3 is 9.80 Å². The van der Waals surface area contributed by atoms with Crippen molar-refractivity contribution >= 4 is 47.4 Å². The zero-order chi connectivity index (χ0) is 26.8. The van der Waals surface area contributed by atoms with Crippen LogP contribution in [0, 0.1) is 5.92 Å². The first-order valence-electron chi connectivity index (χ1n) is 14.2. The molecule has 212 valence electrons. The zero-order valence-electron chi connectivity index (χ0n) is 23.0. The molecule has 0 aromatic heterocycles. The summed E-state index contributed by atoms with van der Waals surface area (Å²) in [4.78, 5) is 32.7. The number of halogens is 3. The predicted octanol–water partition coefficient (Wildman–Crippen LogP) is 6.97. The molecule has 1 unspecified atom stereocenters. The molecule has 2 aromatic carbocycles. The van der Waals surface area contributed by atoms with Gasteiger partial charge in [0.1, 0.15) is 0 Å². The van der Waals surface area contributed by atoms with Crippen LogP contribution in [0.1, 0.15) is 68.3 Å². The maximum atomic E-state index is 13.2. The van der Waals surface area contributed by atoms with Gasteiger partial charge in [0.05, 0.1) is 0 Å². The van der Waals surface area contributed by atoms with Gasteiger partial charge in [0.15, 0.2) is 0 Å². The molecule has 2 aromatic rings. The maximum Gasteiger partial charge on any atom is 0.253 e. The zero-order valence-corrected chi connectivity index (χ0v) is 25.3. The van der Waals surface area contributed by atoms with Crippen molar-refractivity contribution in [2.75, 3.05) is 32.7 Å². The quantitative estimate of drug-likeness (QED) is 0.364. The lowest BCUT2D eigenvalue weighted by Crippen LogP contribution is -2.50. The van der Waals surface area contributed by atoms with Gasteiger partial charge in [-0.3, -0.25) is 14.5 Å².